The Balaban J connectivity index is 1.64. The molecule has 1 N–H and O–H groups in total. The van der Waals surface area contributed by atoms with Crippen LogP contribution in [0.1, 0.15) is 31.4 Å². The quantitative estimate of drug-likeness (QED) is 0.468. The number of carbonyl (C=O) groups excluding carboxylic acids is 1. The molecule has 2 fully saturated rings. The molecular formula is C26H27Cl3N2O2. The van der Waals surface area contributed by atoms with E-state index in [1.165, 1.54) is 0 Å². The lowest BCUT2D eigenvalue weighted by Crippen LogP contribution is -2.52. The Kier molecular flexibility index (Phi) is 7.40. The summed E-state index contributed by atoms with van der Waals surface area (Å²) in [4.78, 5) is 18.0. The van der Waals surface area contributed by atoms with E-state index < -0.39 is 5.41 Å². The van der Waals surface area contributed by atoms with Gasteiger partial charge in [-0.2, -0.15) is 0 Å². The molecule has 1 atom stereocenters. The van der Waals surface area contributed by atoms with Crippen molar-refractivity contribution in [3.63, 3.8) is 0 Å². The molecule has 1 aliphatic carbocycles. The molecule has 1 saturated carbocycles. The number of rotatable bonds is 6. The van der Waals surface area contributed by atoms with E-state index in [-0.39, 0.29) is 18.6 Å². The van der Waals surface area contributed by atoms with Crippen LogP contribution >= 0.6 is 34.8 Å². The Morgan fingerprint density at radius 1 is 1.09 bits per heavy atom. The minimum absolute atomic E-state index is 0.0409. The van der Waals surface area contributed by atoms with Crippen LogP contribution in [0.25, 0.3) is 0 Å². The van der Waals surface area contributed by atoms with Gasteiger partial charge in [-0.1, -0.05) is 65.2 Å². The van der Waals surface area contributed by atoms with Crippen molar-refractivity contribution in [3.05, 3.63) is 86.9 Å². The Hall–Kier alpha value is -1.98. The fourth-order valence-corrected chi connectivity index (χ4v) is 5.35. The highest BCUT2D eigenvalue weighted by molar-refractivity contribution is 6.36. The molecular weight excluding hydrogens is 479 g/mol. The summed E-state index contributed by atoms with van der Waals surface area (Å²) in [6.45, 7) is 3.70. The normalized spacial score (nSPS) is 20.4. The van der Waals surface area contributed by atoms with Gasteiger partial charge < -0.3 is 14.9 Å². The SMILES string of the molecule is C/C=C(\C=C/CO)C1(C(=O)N2CCN(c3ccc(Cl)cc3Cl)C(c3ccc(Cl)cc3)C2)CC1. The molecule has 1 unspecified atom stereocenters. The minimum atomic E-state index is -0.481. The lowest BCUT2D eigenvalue weighted by molar-refractivity contribution is -0.136. The van der Waals surface area contributed by atoms with Gasteiger partial charge in [0.15, 0.2) is 0 Å². The number of piperazine rings is 1. The van der Waals surface area contributed by atoms with Crippen LogP contribution in [0.15, 0.2) is 66.3 Å². The topological polar surface area (TPSA) is 43.8 Å². The molecule has 0 spiro atoms. The monoisotopic (exact) mass is 504 g/mol. The number of amides is 1. The third kappa shape index (κ3) is 4.95. The van der Waals surface area contributed by atoms with Gasteiger partial charge >= 0.3 is 0 Å². The van der Waals surface area contributed by atoms with E-state index in [1.807, 2.05) is 60.4 Å². The maximum absolute atomic E-state index is 13.7. The van der Waals surface area contributed by atoms with Gasteiger partial charge in [0, 0.05) is 29.7 Å². The van der Waals surface area contributed by atoms with Crippen LogP contribution in [0.5, 0.6) is 0 Å². The molecule has 0 aromatic heterocycles. The fourth-order valence-electron chi connectivity index (χ4n) is 4.71. The van der Waals surface area contributed by atoms with Gasteiger partial charge in [0.2, 0.25) is 5.91 Å². The molecule has 7 heteroatoms. The van der Waals surface area contributed by atoms with Crippen molar-refractivity contribution in [2.45, 2.75) is 25.8 Å². The van der Waals surface area contributed by atoms with Gasteiger partial charge in [0.25, 0.3) is 0 Å². The Morgan fingerprint density at radius 2 is 1.79 bits per heavy atom. The van der Waals surface area contributed by atoms with Gasteiger partial charge in [-0.15, -0.1) is 0 Å². The zero-order valence-corrected chi connectivity index (χ0v) is 20.7. The number of hydrogen-bond acceptors (Lipinski definition) is 3. The first kappa shape index (κ1) is 24.2. The van der Waals surface area contributed by atoms with Crippen molar-refractivity contribution in [2.75, 3.05) is 31.1 Å². The van der Waals surface area contributed by atoms with E-state index in [2.05, 4.69) is 4.90 Å². The molecule has 0 bridgehead atoms. The number of aliphatic hydroxyl groups excluding tert-OH is 1. The average molecular weight is 506 g/mol. The van der Waals surface area contributed by atoms with Crippen LogP contribution in [0.4, 0.5) is 5.69 Å². The zero-order chi connectivity index (χ0) is 23.6. The molecule has 1 aliphatic heterocycles. The van der Waals surface area contributed by atoms with Crippen LogP contribution in [-0.4, -0.2) is 42.2 Å². The fraction of sp³-hybridized carbons (Fsp3) is 0.346. The molecule has 4 rings (SSSR count). The summed E-state index contributed by atoms with van der Waals surface area (Å²) in [6, 6.07) is 13.2. The summed E-state index contributed by atoms with van der Waals surface area (Å²) in [7, 11) is 0. The summed E-state index contributed by atoms with van der Waals surface area (Å²) in [5.41, 5.74) is 2.46. The number of anilines is 1. The standard InChI is InChI=1S/C26H27Cl3N2O2/c1-2-19(4-3-15-32)26(11-12-26)25(33)30-13-14-31(23-10-9-21(28)16-22(23)29)24(17-30)18-5-7-20(27)8-6-18/h2-10,16,24,32H,11-15,17H2,1H3/b4-3-,19-2+. The number of carbonyl (C=O) groups is 1. The summed E-state index contributed by atoms with van der Waals surface area (Å²) in [6.07, 6.45) is 7.22. The Morgan fingerprint density at radius 3 is 2.39 bits per heavy atom. The predicted molar refractivity (Wildman–Crippen MR) is 136 cm³/mol. The molecule has 1 heterocycles. The first-order valence-corrected chi connectivity index (χ1v) is 12.2. The summed E-state index contributed by atoms with van der Waals surface area (Å²) in [5.74, 6) is 0.152. The summed E-state index contributed by atoms with van der Waals surface area (Å²) in [5, 5.41) is 11.0. The van der Waals surface area contributed by atoms with Crippen LogP contribution in [0, 0.1) is 5.41 Å². The molecule has 2 aromatic carbocycles. The number of hydrogen-bond donors (Lipinski definition) is 1. The maximum Gasteiger partial charge on any atom is 0.233 e. The first-order chi connectivity index (χ1) is 15.9. The molecule has 33 heavy (non-hydrogen) atoms. The smallest absolute Gasteiger partial charge is 0.233 e. The average Bonchev–Trinajstić information content (AvgIpc) is 3.61. The van der Waals surface area contributed by atoms with E-state index in [9.17, 15) is 9.90 Å². The molecule has 1 saturated heterocycles. The zero-order valence-electron chi connectivity index (χ0n) is 18.5. The van der Waals surface area contributed by atoms with Crippen molar-refractivity contribution in [1.82, 2.24) is 4.90 Å². The summed E-state index contributed by atoms with van der Waals surface area (Å²) >= 11 is 18.8. The maximum atomic E-state index is 13.7. The molecule has 1 amide bonds. The highest BCUT2D eigenvalue weighted by atomic mass is 35.5. The third-order valence-corrected chi connectivity index (χ3v) is 7.36. The highest BCUT2D eigenvalue weighted by Gasteiger charge is 2.54. The van der Waals surface area contributed by atoms with Gasteiger partial charge in [0.05, 0.1) is 28.8 Å². The number of allylic oxidation sites excluding steroid dienone is 2. The number of halogens is 3. The lowest BCUT2D eigenvalue weighted by Gasteiger charge is -2.44. The van der Waals surface area contributed by atoms with Crippen molar-refractivity contribution in [2.24, 2.45) is 5.41 Å². The largest absolute Gasteiger partial charge is 0.392 e. The molecule has 4 nitrogen and oxygen atoms in total. The Labute approximate surface area is 210 Å². The van der Waals surface area contributed by atoms with E-state index in [1.54, 1.807) is 12.1 Å². The minimum Gasteiger partial charge on any atom is -0.392 e. The number of benzene rings is 2. The van der Waals surface area contributed by atoms with Crippen LogP contribution in [0.2, 0.25) is 15.1 Å². The second kappa shape index (κ2) is 10.1. The second-order valence-electron chi connectivity index (χ2n) is 8.52. The number of aliphatic hydroxyl groups is 1. The van der Waals surface area contributed by atoms with Crippen molar-refractivity contribution in [1.29, 1.82) is 0 Å². The van der Waals surface area contributed by atoms with Gasteiger partial charge in [-0.05, 0) is 61.2 Å². The lowest BCUT2D eigenvalue weighted by atomic mass is 9.91. The van der Waals surface area contributed by atoms with Crippen LogP contribution in [0.3, 0.4) is 0 Å². The predicted octanol–water partition coefficient (Wildman–Crippen LogP) is 6.31. The van der Waals surface area contributed by atoms with E-state index >= 15 is 0 Å². The first-order valence-electron chi connectivity index (χ1n) is 11.1. The van der Waals surface area contributed by atoms with E-state index in [0.717, 1.165) is 29.7 Å². The summed E-state index contributed by atoms with van der Waals surface area (Å²) < 4.78 is 0. The van der Waals surface area contributed by atoms with Gasteiger partial charge in [0.1, 0.15) is 0 Å². The van der Waals surface area contributed by atoms with Crippen LogP contribution in [-0.2, 0) is 4.79 Å². The van der Waals surface area contributed by atoms with Crippen molar-refractivity contribution < 1.29 is 9.90 Å². The molecule has 174 valence electrons. The second-order valence-corrected chi connectivity index (χ2v) is 9.80. The highest BCUT2D eigenvalue weighted by Crippen LogP contribution is 2.54. The van der Waals surface area contributed by atoms with E-state index in [4.69, 9.17) is 34.8 Å². The molecule has 2 aromatic rings. The van der Waals surface area contributed by atoms with Crippen molar-refractivity contribution >= 4 is 46.4 Å². The van der Waals surface area contributed by atoms with Crippen LogP contribution < -0.4 is 4.90 Å². The number of nitrogens with zero attached hydrogens (tertiary/aromatic N) is 2. The third-order valence-electron chi connectivity index (χ3n) is 6.57. The van der Waals surface area contributed by atoms with Gasteiger partial charge in [-0.3, -0.25) is 4.79 Å². The van der Waals surface area contributed by atoms with Crippen molar-refractivity contribution in [3.8, 4) is 0 Å². The van der Waals surface area contributed by atoms with Gasteiger partial charge in [-0.25, -0.2) is 0 Å². The Bertz CT molecular complexity index is 1080. The van der Waals surface area contributed by atoms with E-state index in [0.29, 0.717) is 34.7 Å². The molecule has 0 radical (unpaired) electrons. The molecule has 2 aliphatic rings.